The maximum atomic E-state index is 12.0. The van der Waals surface area contributed by atoms with E-state index < -0.39 is 0 Å². The first-order chi connectivity index (χ1) is 9.08. The van der Waals surface area contributed by atoms with Gasteiger partial charge in [0.1, 0.15) is 5.82 Å². The molecular weight excluding hydrogens is 246 g/mol. The minimum atomic E-state index is -0.334. The van der Waals surface area contributed by atoms with E-state index in [1.165, 1.54) is 10.9 Å². The number of amides is 1. The molecule has 100 valence electrons. The number of anilines is 2. The Bertz CT molecular complexity index is 592. The molecule has 0 saturated carbocycles. The number of rotatable bonds is 4. The number of pyridine rings is 1. The highest BCUT2D eigenvalue weighted by molar-refractivity contribution is 6.03. The van der Waals surface area contributed by atoms with Gasteiger partial charge in [0, 0.05) is 11.3 Å². The number of carbonyl (C=O) groups excluding carboxylic acids is 1. The van der Waals surface area contributed by atoms with E-state index in [1.807, 2.05) is 6.92 Å². The minimum absolute atomic E-state index is 0.153. The molecule has 0 aliphatic carbocycles. The zero-order valence-corrected chi connectivity index (χ0v) is 10.8. The predicted molar refractivity (Wildman–Crippen MR) is 69.4 cm³/mol. The van der Waals surface area contributed by atoms with E-state index in [2.05, 4.69) is 25.7 Å². The van der Waals surface area contributed by atoms with E-state index in [1.54, 1.807) is 13.1 Å². The van der Waals surface area contributed by atoms with Crippen LogP contribution in [0, 0.1) is 0 Å². The average Bonchev–Trinajstić information content (AvgIpc) is 2.74. The van der Waals surface area contributed by atoms with Crippen molar-refractivity contribution in [1.82, 2.24) is 25.2 Å². The fraction of sp³-hybridized carbons (Fsp3) is 0.364. The van der Waals surface area contributed by atoms with Gasteiger partial charge >= 0.3 is 0 Å². The molecular formula is C11H15N7O. The summed E-state index contributed by atoms with van der Waals surface area (Å²) in [7, 11) is 1.62. The van der Waals surface area contributed by atoms with Crippen molar-refractivity contribution in [2.24, 2.45) is 7.05 Å². The van der Waals surface area contributed by atoms with Gasteiger partial charge in [-0.1, -0.05) is 18.4 Å². The molecule has 8 heteroatoms. The molecule has 1 amide bonds. The van der Waals surface area contributed by atoms with Crippen molar-refractivity contribution in [3.05, 3.63) is 23.4 Å². The van der Waals surface area contributed by atoms with Crippen molar-refractivity contribution in [2.75, 3.05) is 11.1 Å². The quantitative estimate of drug-likeness (QED) is 0.823. The number of aryl methyl sites for hydroxylation is 2. The summed E-state index contributed by atoms with van der Waals surface area (Å²) < 4.78 is 0. The second-order valence-corrected chi connectivity index (χ2v) is 4.08. The van der Waals surface area contributed by atoms with Crippen LogP contribution in [-0.2, 0) is 13.5 Å². The lowest BCUT2D eigenvalue weighted by molar-refractivity contribution is 0.102. The highest BCUT2D eigenvalue weighted by atomic mass is 16.1. The maximum absolute atomic E-state index is 12.0. The third kappa shape index (κ3) is 3.24. The molecule has 0 fully saturated rings. The van der Waals surface area contributed by atoms with Gasteiger partial charge < -0.3 is 5.73 Å². The van der Waals surface area contributed by atoms with Gasteiger partial charge in [0.2, 0.25) is 0 Å². The van der Waals surface area contributed by atoms with Gasteiger partial charge in [0.15, 0.2) is 0 Å². The van der Waals surface area contributed by atoms with Crippen molar-refractivity contribution >= 4 is 17.7 Å². The van der Waals surface area contributed by atoms with Gasteiger partial charge in [0.05, 0.1) is 7.05 Å². The van der Waals surface area contributed by atoms with Crippen LogP contribution < -0.4 is 11.1 Å². The third-order valence-electron chi connectivity index (χ3n) is 2.40. The van der Waals surface area contributed by atoms with Crippen molar-refractivity contribution in [1.29, 1.82) is 0 Å². The summed E-state index contributed by atoms with van der Waals surface area (Å²) in [4.78, 5) is 17.5. The first-order valence-electron chi connectivity index (χ1n) is 5.90. The zero-order valence-electron chi connectivity index (χ0n) is 10.8. The number of nitrogens with two attached hydrogens (primary N) is 1. The van der Waals surface area contributed by atoms with Crippen LogP contribution >= 0.6 is 0 Å². The van der Waals surface area contributed by atoms with Crippen LogP contribution in [0.1, 0.15) is 29.4 Å². The topological polar surface area (TPSA) is 112 Å². The largest absolute Gasteiger partial charge is 0.384 e. The SMILES string of the molecule is CCCc1cc(C(=O)Nc2nnn(C)n2)cc(N)n1. The second-order valence-electron chi connectivity index (χ2n) is 4.08. The van der Waals surface area contributed by atoms with Crippen molar-refractivity contribution in [3.8, 4) is 0 Å². The fourth-order valence-corrected chi connectivity index (χ4v) is 1.63. The first-order valence-corrected chi connectivity index (χ1v) is 5.90. The number of nitrogens with zero attached hydrogens (tertiary/aromatic N) is 5. The molecule has 8 nitrogen and oxygen atoms in total. The Kier molecular flexibility index (Phi) is 3.69. The molecule has 0 radical (unpaired) electrons. The van der Waals surface area contributed by atoms with Crippen LogP contribution in [0.25, 0.3) is 0 Å². The van der Waals surface area contributed by atoms with Crippen LogP contribution in [0.15, 0.2) is 12.1 Å². The summed E-state index contributed by atoms with van der Waals surface area (Å²) in [5.74, 6) is 0.141. The normalized spacial score (nSPS) is 10.4. The molecule has 3 N–H and O–H groups in total. The number of tetrazole rings is 1. The molecule has 2 aromatic heterocycles. The van der Waals surface area contributed by atoms with Crippen LogP contribution in [0.2, 0.25) is 0 Å². The number of carbonyl (C=O) groups is 1. The molecule has 2 rings (SSSR count). The van der Waals surface area contributed by atoms with Crippen LogP contribution in [-0.4, -0.2) is 31.1 Å². The smallest absolute Gasteiger partial charge is 0.270 e. The summed E-state index contributed by atoms with van der Waals surface area (Å²) in [6, 6.07) is 3.23. The number of aromatic nitrogens is 5. The number of nitrogen functional groups attached to an aromatic ring is 1. The molecule has 2 heterocycles. The molecule has 0 spiro atoms. The van der Waals surface area contributed by atoms with Crippen molar-refractivity contribution in [2.45, 2.75) is 19.8 Å². The van der Waals surface area contributed by atoms with Gasteiger partial charge in [-0.15, -0.1) is 5.10 Å². The molecule has 0 saturated heterocycles. The van der Waals surface area contributed by atoms with E-state index in [-0.39, 0.29) is 11.9 Å². The van der Waals surface area contributed by atoms with Gasteiger partial charge in [0.25, 0.3) is 11.9 Å². The lowest BCUT2D eigenvalue weighted by Gasteiger charge is -2.05. The lowest BCUT2D eigenvalue weighted by Crippen LogP contribution is -2.14. The van der Waals surface area contributed by atoms with E-state index >= 15 is 0 Å². The summed E-state index contributed by atoms with van der Waals surface area (Å²) in [6.45, 7) is 2.04. The van der Waals surface area contributed by atoms with E-state index in [0.29, 0.717) is 11.4 Å². The third-order valence-corrected chi connectivity index (χ3v) is 2.40. The molecule has 19 heavy (non-hydrogen) atoms. The fourth-order valence-electron chi connectivity index (χ4n) is 1.63. The Morgan fingerprint density at radius 1 is 1.47 bits per heavy atom. The average molecular weight is 261 g/mol. The zero-order chi connectivity index (χ0) is 13.8. The Morgan fingerprint density at radius 3 is 2.89 bits per heavy atom. The number of hydrogen-bond acceptors (Lipinski definition) is 6. The highest BCUT2D eigenvalue weighted by Crippen LogP contribution is 2.11. The highest BCUT2D eigenvalue weighted by Gasteiger charge is 2.11. The van der Waals surface area contributed by atoms with E-state index in [0.717, 1.165) is 18.5 Å². The molecule has 2 aromatic rings. The predicted octanol–water partition coefficient (Wildman–Crippen LogP) is 0.392. The molecule has 0 bridgehead atoms. The standard InChI is InChI=1S/C11H15N7O/c1-3-4-8-5-7(6-9(12)13-8)10(19)14-11-15-17-18(2)16-11/h5-6H,3-4H2,1-2H3,(H2,12,13)(H,14,16,19). The van der Waals surface area contributed by atoms with Gasteiger partial charge in [-0.3, -0.25) is 10.1 Å². The van der Waals surface area contributed by atoms with Crippen LogP contribution in [0.5, 0.6) is 0 Å². The summed E-state index contributed by atoms with van der Waals surface area (Å²) in [6.07, 6.45) is 1.71. The monoisotopic (exact) mass is 261 g/mol. The first kappa shape index (κ1) is 12.9. The molecule has 0 unspecified atom stereocenters. The van der Waals surface area contributed by atoms with E-state index in [9.17, 15) is 4.79 Å². The minimum Gasteiger partial charge on any atom is -0.384 e. The number of hydrogen-bond donors (Lipinski definition) is 2. The summed E-state index contributed by atoms with van der Waals surface area (Å²) in [5.41, 5.74) is 6.91. The van der Waals surface area contributed by atoms with Gasteiger partial charge in [-0.2, -0.15) is 4.80 Å². The lowest BCUT2D eigenvalue weighted by atomic mass is 10.1. The Morgan fingerprint density at radius 2 is 2.26 bits per heavy atom. The summed E-state index contributed by atoms with van der Waals surface area (Å²) in [5, 5.41) is 13.7. The molecule has 0 aliphatic heterocycles. The Labute approximate surface area is 110 Å². The van der Waals surface area contributed by atoms with Gasteiger partial charge in [-0.05, 0) is 23.8 Å². The van der Waals surface area contributed by atoms with Crippen molar-refractivity contribution < 1.29 is 4.79 Å². The maximum Gasteiger partial charge on any atom is 0.270 e. The summed E-state index contributed by atoms with van der Waals surface area (Å²) >= 11 is 0. The van der Waals surface area contributed by atoms with Crippen LogP contribution in [0.3, 0.4) is 0 Å². The Balaban J connectivity index is 2.18. The van der Waals surface area contributed by atoms with Crippen molar-refractivity contribution in [3.63, 3.8) is 0 Å². The van der Waals surface area contributed by atoms with Crippen LogP contribution in [0.4, 0.5) is 11.8 Å². The van der Waals surface area contributed by atoms with E-state index in [4.69, 9.17) is 5.73 Å². The number of nitrogens with one attached hydrogen (secondary N) is 1. The molecule has 0 atom stereocenters. The molecule has 0 aliphatic rings. The van der Waals surface area contributed by atoms with Gasteiger partial charge in [-0.25, -0.2) is 4.98 Å². The Hall–Kier alpha value is -2.51. The second kappa shape index (κ2) is 5.42. The molecule has 0 aromatic carbocycles.